The van der Waals surface area contributed by atoms with E-state index in [2.05, 4.69) is 12.2 Å². The van der Waals surface area contributed by atoms with Gasteiger partial charge in [0.05, 0.1) is 22.8 Å². The van der Waals surface area contributed by atoms with Crippen LogP contribution >= 0.6 is 0 Å². The summed E-state index contributed by atoms with van der Waals surface area (Å²) in [6, 6.07) is 15.7. The Hall–Kier alpha value is -3.19. The number of nitrogens with zero attached hydrogens (tertiary/aromatic N) is 1. The molecular weight excluding hydrogens is 424 g/mol. The summed E-state index contributed by atoms with van der Waals surface area (Å²) in [6.07, 6.45) is 2.05. The van der Waals surface area contributed by atoms with E-state index in [1.807, 2.05) is 35.2 Å². The summed E-state index contributed by atoms with van der Waals surface area (Å²) >= 11 is 0. The first kappa shape index (κ1) is 22.0. The lowest BCUT2D eigenvalue weighted by atomic mass is 10.0. The molecule has 3 aromatic rings. The molecule has 0 aliphatic carbocycles. The fraction of sp³-hybridized carbons (Fsp3) is 0.280. The van der Waals surface area contributed by atoms with Crippen LogP contribution in [-0.4, -0.2) is 32.5 Å². The summed E-state index contributed by atoms with van der Waals surface area (Å²) in [5.74, 6) is -0.162. The minimum atomic E-state index is -3.27. The van der Waals surface area contributed by atoms with Gasteiger partial charge in [-0.1, -0.05) is 44.5 Å². The third-order valence-electron chi connectivity index (χ3n) is 5.82. The molecule has 32 heavy (non-hydrogen) atoms. The molecular formula is C25H26N2O4S. The Bertz CT molecular complexity index is 1300. The molecule has 1 aliphatic rings. The van der Waals surface area contributed by atoms with Crippen LogP contribution in [0.1, 0.15) is 42.6 Å². The lowest BCUT2D eigenvalue weighted by Gasteiger charge is -2.17. The van der Waals surface area contributed by atoms with E-state index in [4.69, 9.17) is 0 Å². The first-order chi connectivity index (χ1) is 15.4. The van der Waals surface area contributed by atoms with Crippen molar-refractivity contribution in [2.45, 2.75) is 38.0 Å². The fourth-order valence-electron chi connectivity index (χ4n) is 4.05. The van der Waals surface area contributed by atoms with Crippen LogP contribution in [0.3, 0.4) is 0 Å². The lowest BCUT2D eigenvalue weighted by Crippen LogP contribution is -2.27. The highest BCUT2D eigenvalue weighted by molar-refractivity contribution is 7.91. The highest BCUT2D eigenvalue weighted by atomic mass is 32.2. The van der Waals surface area contributed by atoms with Crippen molar-refractivity contribution < 1.29 is 18.0 Å². The van der Waals surface area contributed by atoms with Crippen molar-refractivity contribution in [1.82, 2.24) is 0 Å². The fourth-order valence-corrected chi connectivity index (χ4v) is 4.94. The normalized spacial score (nSPS) is 13.1. The SMILES string of the molecule is CCCCN1C(=O)c2cccc3c(NC(=O)Cc4ccc(S(=O)(=O)CC)cc4)ccc1c23. The Labute approximate surface area is 188 Å². The minimum absolute atomic E-state index is 0.00430. The predicted octanol–water partition coefficient (Wildman–Crippen LogP) is 4.57. The van der Waals surface area contributed by atoms with Crippen molar-refractivity contribution in [3.8, 4) is 0 Å². The molecule has 0 spiro atoms. The van der Waals surface area contributed by atoms with Gasteiger partial charge >= 0.3 is 0 Å². The van der Waals surface area contributed by atoms with E-state index in [1.54, 1.807) is 19.1 Å². The highest BCUT2D eigenvalue weighted by Gasteiger charge is 2.30. The number of nitrogens with one attached hydrogen (secondary N) is 1. The van der Waals surface area contributed by atoms with Gasteiger partial charge in [0.25, 0.3) is 5.91 Å². The Morgan fingerprint density at radius 1 is 1.00 bits per heavy atom. The number of amides is 2. The highest BCUT2D eigenvalue weighted by Crippen LogP contribution is 2.40. The predicted molar refractivity (Wildman–Crippen MR) is 127 cm³/mol. The van der Waals surface area contributed by atoms with Crippen molar-refractivity contribution in [1.29, 1.82) is 0 Å². The maximum atomic E-state index is 12.9. The number of unbranched alkanes of at least 4 members (excludes halogenated alkanes) is 1. The van der Waals surface area contributed by atoms with Crippen LogP contribution in [0.15, 0.2) is 59.5 Å². The van der Waals surface area contributed by atoms with Crippen LogP contribution in [0.5, 0.6) is 0 Å². The monoisotopic (exact) mass is 450 g/mol. The minimum Gasteiger partial charge on any atom is -0.325 e. The largest absolute Gasteiger partial charge is 0.325 e. The molecule has 166 valence electrons. The van der Waals surface area contributed by atoms with Crippen molar-refractivity contribution in [2.75, 3.05) is 22.5 Å². The quantitative estimate of drug-likeness (QED) is 0.545. The molecule has 0 unspecified atom stereocenters. The molecule has 3 aromatic carbocycles. The van der Waals surface area contributed by atoms with Gasteiger partial charge in [-0.05, 0) is 42.3 Å². The average molecular weight is 451 g/mol. The number of hydrogen-bond donors (Lipinski definition) is 1. The van der Waals surface area contributed by atoms with Gasteiger partial charge < -0.3 is 10.2 Å². The van der Waals surface area contributed by atoms with Crippen LogP contribution in [0, 0.1) is 0 Å². The summed E-state index contributed by atoms with van der Waals surface area (Å²) in [6.45, 7) is 4.37. The zero-order chi connectivity index (χ0) is 22.9. The smallest absolute Gasteiger partial charge is 0.258 e. The van der Waals surface area contributed by atoms with Gasteiger partial charge in [0.15, 0.2) is 9.84 Å². The van der Waals surface area contributed by atoms with Crippen molar-refractivity contribution in [2.24, 2.45) is 0 Å². The molecule has 0 saturated heterocycles. The number of benzene rings is 3. The standard InChI is InChI=1S/C25H26N2O4S/c1-3-5-15-27-22-14-13-21(19-7-6-8-20(24(19)22)25(27)29)26-23(28)16-17-9-11-18(12-10-17)32(30,31)4-2/h6-14H,3-5,15-16H2,1-2H3,(H,26,28). The third kappa shape index (κ3) is 4.00. The van der Waals surface area contributed by atoms with Crippen molar-refractivity contribution in [3.63, 3.8) is 0 Å². The molecule has 0 aromatic heterocycles. The van der Waals surface area contributed by atoms with Crippen LogP contribution in [0.25, 0.3) is 10.8 Å². The van der Waals surface area contributed by atoms with Crippen molar-refractivity contribution in [3.05, 3.63) is 65.7 Å². The van der Waals surface area contributed by atoms with Crippen LogP contribution < -0.4 is 10.2 Å². The number of sulfone groups is 1. The van der Waals surface area contributed by atoms with E-state index in [9.17, 15) is 18.0 Å². The van der Waals surface area contributed by atoms with Gasteiger partial charge in [-0.2, -0.15) is 0 Å². The molecule has 1 N–H and O–H groups in total. The zero-order valence-electron chi connectivity index (χ0n) is 18.2. The number of hydrogen-bond acceptors (Lipinski definition) is 4. The summed E-state index contributed by atoms with van der Waals surface area (Å²) < 4.78 is 23.9. The summed E-state index contributed by atoms with van der Waals surface area (Å²) in [5.41, 5.74) is 2.94. The van der Waals surface area contributed by atoms with Gasteiger partial charge in [0.1, 0.15) is 0 Å². The number of carbonyl (C=O) groups is 2. The van der Waals surface area contributed by atoms with Crippen LogP contribution in [-0.2, 0) is 21.1 Å². The average Bonchev–Trinajstić information content (AvgIpc) is 3.07. The lowest BCUT2D eigenvalue weighted by molar-refractivity contribution is -0.115. The van der Waals surface area contributed by atoms with Gasteiger partial charge in [0.2, 0.25) is 5.91 Å². The topological polar surface area (TPSA) is 83.6 Å². The Balaban J connectivity index is 1.56. The maximum Gasteiger partial charge on any atom is 0.258 e. The molecule has 0 radical (unpaired) electrons. The van der Waals surface area contributed by atoms with Gasteiger partial charge in [-0.25, -0.2) is 8.42 Å². The molecule has 0 fully saturated rings. The number of anilines is 2. The van der Waals surface area contributed by atoms with Gasteiger partial charge in [0, 0.05) is 28.6 Å². The number of carbonyl (C=O) groups excluding carboxylic acids is 2. The van der Waals surface area contributed by atoms with Gasteiger partial charge in [-0.3, -0.25) is 9.59 Å². The van der Waals surface area contributed by atoms with Crippen LogP contribution in [0.4, 0.5) is 11.4 Å². The number of rotatable bonds is 8. The van der Waals surface area contributed by atoms with E-state index < -0.39 is 9.84 Å². The Kier molecular flexibility index (Phi) is 6.02. The Morgan fingerprint density at radius 2 is 1.75 bits per heavy atom. The van der Waals surface area contributed by atoms with Crippen molar-refractivity contribution >= 4 is 43.8 Å². The second-order valence-electron chi connectivity index (χ2n) is 7.94. The van der Waals surface area contributed by atoms with E-state index in [-0.39, 0.29) is 28.9 Å². The molecule has 1 heterocycles. The first-order valence-electron chi connectivity index (χ1n) is 10.8. The van der Waals surface area contributed by atoms with E-state index in [0.29, 0.717) is 17.8 Å². The summed E-state index contributed by atoms with van der Waals surface area (Å²) in [7, 11) is -3.27. The second-order valence-corrected chi connectivity index (χ2v) is 10.2. The molecule has 6 nitrogen and oxygen atoms in total. The van der Waals surface area contributed by atoms with Crippen LogP contribution in [0.2, 0.25) is 0 Å². The molecule has 7 heteroatoms. The third-order valence-corrected chi connectivity index (χ3v) is 7.57. The Morgan fingerprint density at radius 3 is 2.44 bits per heavy atom. The molecule has 0 saturated carbocycles. The van der Waals surface area contributed by atoms with E-state index in [0.717, 1.165) is 34.9 Å². The summed E-state index contributed by atoms with van der Waals surface area (Å²) in [5, 5.41) is 4.67. The second kappa shape index (κ2) is 8.74. The first-order valence-corrected chi connectivity index (χ1v) is 12.5. The van der Waals surface area contributed by atoms with Gasteiger partial charge in [-0.15, -0.1) is 0 Å². The summed E-state index contributed by atoms with van der Waals surface area (Å²) in [4.78, 5) is 27.7. The maximum absolute atomic E-state index is 12.9. The zero-order valence-corrected chi connectivity index (χ0v) is 19.0. The van der Waals surface area contributed by atoms with E-state index in [1.165, 1.54) is 12.1 Å². The molecule has 4 rings (SSSR count). The molecule has 1 aliphatic heterocycles. The van der Waals surface area contributed by atoms with E-state index >= 15 is 0 Å². The molecule has 0 bridgehead atoms. The molecule has 2 amide bonds. The molecule has 0 atom stereocenters.